The minimum atomic E-state index is 0. The fraction of sp³-hybridized carbons (Fsp3) is 1.00. The van der Waals surface area contributed by atoms with E-state index in [0.717, 1.165) is 5.92 Å². The van der Waals surface area contributed by atoms with Crippen molar-refractivity contribution < 1.29 is 20.3 Å². The summed E-state index contributed by atoms with van der Waals surface area (Å²) in [4.78, 5) is 0. The normalized spacial score (nSPS) is 18.9. The van der Waals surface area contributed by atoms with E-state index in [-0.39, 0.29) is 20.3 Å². The Morgan fingerprint density at radius 2 is 1.90 bits per heavy atom. The van der Waals surface area contributed by atoms with Crippen molar-refractivity contribution in [1.29, 1.82) is 0 Å². The van der Waals surface area contributed by atoms with Crippen LogP contribution in [0.25, 0.3) is 0 Å². The van der Waals surface area contributed by atoms with Crippen molar-refractivity contribution in [3.63, 3.8) is 0 Å². The van der Waals surface area contributed by atoms with Gasteiger partial charge in [0.2, 0.25) is 0 Å². The van der Waals surface area contributed by atoms with E-state index in [1.165, 1.54) is 44.9 Å². The number of rotatable bonds is 3. The van der Waals surface area contributed by atoms with Gasteiger partial charge in [0.05, 0.1) is 0 Å². The minimum Gasteiger partial charge on any atom is -1.00 e. The van der Waals surface area contributed by atoms with Crippen LogP contribution in [0, 0.1) is 5.92 Å². The molecular weight excluding hydrogens is 115 g/mol. The molecule has 10 heavy (non-hydrogen) atoms. The second kappa shape index (κ2) is 6.32. The molecule has 1 saturated carbocycles. The van der Waals surface area contributed by atoms with Crippen molar-refractivity contribution in [1.82, 2.24) is 0 Å². The van der Waals surface area contributed by atoms with Crippen molar-refractivity contribution in [3.8, 4) is 0 Å². The second-order valence-corrected chi connectivity index (χ2v) is 3.29. The maximum atomic E-state index is 2.29. The first-order valence-corrected chi connectivity index (χ1v) is 4.43. The van der Waals surface area contributed by atoms with Gasteiger partial charge in [-0.1, -0.05) is 51.9 Å². The standard InChI is InChI=1S/C9H18.Li.H/c1-2-3-6-9-7-4-5-8-9;;/h9H,2-8H2,1H3;;/q;+1;-1. The molecule has 1 aliphatic rings. The van der Waals surface area contributed by atoms with Gasteiger partial charge < -0.3 is 1.43 Å². The molecule has 0 amide bonds. The van der Waals surface area contributed by atoms with Gasteiger partial charge in [-0.25, -0.2) is 0 Å². The minimum absolute atomic E-state index is 0. The molecule has 0 aromatic heterocycles. The zero-order chi connectivity index (χ0) is 6.53. The predicted molar refractivity (Wildman–Crippen MR) is 42.6 cm³/mol. The van der Waals surface area contributed by atoms with Crippen LogP contribution in [0.1, 0.15) is 53.3 Å². The third-order valence-electron chi connectivity index (χ3n) is 2.44. The average Bonchev–Trinajstić information content (AvgIpc) is 2.34. The summed E-state index contributed by atoms with van der Waals surface area (Å²) in [5.74, 6) is 1.12. The summed E-state index contributed by atoms with van der Waals surface area (Å²) >= 11 is 0. The van der Waals surface area contributed by atoms with Crippen LogP contribution in [-0.4, -0.2) is 0 Å². The molecule has 0 bridgehead atoms. The first kappa shape index (κ1) is 10.6. The van der Waals surface area contributed by atoms with Crippen LogP contribution in [0.3, 0.4) is 0 Å². The maximum Gasteiger partial charge on any atom is 1.00 e. The molecule has 0 saturated heterocycles. The molecular formula is C9H19Li. The zero-order valence-corrected chi connectivity index (χ0v) is 7.53. The quantitative estimate of drug-likeness (QED) is 0.493. The summed E-state index contributed by atoms with van der Waals surface area (Å²) in [6.07, 6.45) is 10.4. The Balaban J connectivity index is 0. The molecule has 0 aliphatic heterocycles. The van der Waals surface area contributed by atoms with Gasteiger partial charge >= 0.3 is 18.9 Å². The van der Waals surface area contributed by atoms with E-state index in [9.17, 15) is 0 Å². The molecule has 56 valence electrons. The molecule has 0 atom stereocenters. The SMILES string of the molecule is CCCCC1CCCC1.[H-].[Li+]. The van der Waals surface area contributed by atoms with Crippen LogP contribution in [0.5, 0.6) is 0 Å². The molecule has 1 aliphatic carbocycles. The number of hydrogen-bond donors (Lipinski definition) is 0. The molecule has 0 N–H and O–H groups in total. The monoisotopic (exact) mass is 134 g/mol. The van der Waals surface area contributed by atoms with E-state index >= 15 is 0 Å². The van der Waals surface area contributed by atoms with Gasteiger partial charge in [0.1, 0.15) is 0 Å². The van der Waals surface area contributed by atoms with Gasteiger partial charge in [0, 0.05) is 0 Å². The van der Waals surface area contributed by atoms with Crippen molar-refractivity contribution in [3.05, 3.63) is 0 Å². The van der Waals surface area contributed by atoms with E-state index in [0.29, 0.717) is 0 Å². The van der Waals surface area contributed by atoms with Crippen LogP contribution in [0.4, 0.5) is 0 Å². The van der Waals surface area contributed by atoms with Gasteiger partial charge in [0.15, 0.2) is 0 Å². The van der Waals surface area contributed by atoms with Gasteiger partial charge in [-0.05, 0) is 5.92 Å². The number of unbranched alkanes of at least 4 members (excludes halogenated alkanes) is 1. The Kier molecular flexibility index (Phi) is 6.69. The molecule has 1 heteroatoms. The second-order valence-electron chi connectivity index (χ2n) is 3.29. The fourth-order valence-corrected chi connectivity index (χ4v) is 1.79. The fourth-order valence-electron chi connectivity index (χ4n) is 1.79. The summed E-state index contributed by atoms with van der Waals surface area (Å²) in [5, 5.41) is 0. The molecule has 1 fully saturated rings. The van der Waals surface area contributed by atoms with Gasteiger partial charge in [-0.3, -0.25) is 0 Å². The van der Waals surface area contributed by atoms with E-state index in [1.54, 1.807) is 0 Å². The smallest absolute Gasteiger partial charge is 1.00 e. The zero-order valence-electron chi connectivity index (χ0n) is 8.53. The molecule has 0 unspecified atom stereocenters. The topological polar surface area (TPSA) is 0 Å². The first-order chi connectivity index (χ1) is 4.43. The molecule has 0 radical (unpaired) electrons. The van der Waals surface area contributed by atoms with Gasteiger partial charge in [0.25, 0.3) is 0 Å². The molecule has 0 heterocycles. The summed E-state index contributed by atoms with van der Waals surface area (Å²) < 4.78 is 0. The largest absolute Gasteiger partial charge is 1.00 e. The summed E-state index contributed by atoms with van der Waals surface area (Å²) in [6, 6.07) is 0. The summed E-state index contributed by atoms with van der Waals surface area (Å²) in [7, 11) is 0. The van der Waals surface area contributed by atoms with Crippen molar-refractivity contribution in [2.24, 2.45) is 5.92 Å². The van der Waals surface area contributed by atoms with Crippen molar-refractivity contribution in [2.45, 2.75) is 51.9 Å². The Labute approximate surface area is 78.4 Å². The summed E-state index contributed by atoms with van der Waals surface area (Å²) in [6.45, 7) is 2.29. The molecule has 0 nitrogen and oxygen atoms in total. The van der Waals surface area contributed by atoms with Crippen LogP contribution in [0.15, 0.2) is 0 Å². The Hall–Kier alpha value is 0.597. The van der Waals surface area contributed by atoms with E-state index in [4.69, 9.17) is 0 Å². The van der Waals surface area contributed by atoms with Gasteiger partial charge in [-0.15, -0.1) is 0 Å². The Morgan fingerprint density at radius 1 is 1.30 bits per heavy atom. The molecule has 1 rings (SSSR count). The van der Waals surface area contributed by atoms with E-state index in [1.807, 2.05) is 0 Å². The van der Waals surface area contributed by atoms with Crippen LogP contribution in [-0.2, 0) is 0 Å². The third-order valence-corrected chi connectivity index (χ3v) is 2.44. The number of hydrogen-bond acceptors (Lipinski definition) is 0. The Bertz CT molecular complexity index is 70.0. The maximum absolute atomic E-state index is 2.29. The molecule has 0 spiro atoms. The van der Waals surface area contributed by atoms with E-state index in [2.05, 4.69) is 6.92 Å². The predicted octanol–water partition coefficient (Wildman–Crippen LogP) is 0.483. The van der Waals surface area contributed by atoms with Crippen LogP contribution >= 0.6 is 0 Å². The van der Waals surface area contributed by atoms with Crippen molar-refractivity contribution in [2.75, 3.05) is 0 Å². The van der Waals surface area contributed by atoms with Crippen LogP contribution in [0.2, 0.25) is 0 Å². The molecule has 0 aromatic rings. The first-order valence-electron chi connectivity index (χ1n) is 4.43. The van der Waals surface area contributed by atoms with Gasteiger partial charge in [-0.2, -0.15) is 0 Å². The third kappa shape index (κ3) is 3.69. The van der Waals surface area contributed by atoms with E-state index < -0.39 is 0 Å². The van der Waals surface area contributed by atoms with Crippen molar-refractivity contribution >= 4 is 0 Å². The molecule has 0 aromatic carbocycles. The summed E-state index contributed by atoms with van der Waals surface area (Å²) in [5.41, 5.74) is 0. The average molecular weight is 134 g/mol. The van der Waals surface area contributed by atoms with Crippen LogP contribution < -0.4 is 18.9 Å². The Morgan fingerprint density at radius 3 is 2.40 bits per heavy atom.